The summed E-state index contributed by atoms with van der Waals surface area (Å²) in [6.07, 6.45) is 2.62. The molecule has 1 fully saturated rings. The van der Waals surface area contributed by atoms with Gasteiger partial charge in [-0.05, 0) is 62.6 Å². The molecule has 90 valence electrons. The lowest BCUT2D eigenvalue weighted by Crippen LogP contribution is -2.31. The van der Waals surface area contributed by atoms with Gasteiger partial charge in [-0.25, -0.2) is 0 Å². The molecule has 1 N–H and O–H groups in total. The Kier molecular flexibility index (Phi) is 4.14. The van der Waals surface area contributed by atoms with Crippen molar-refractivity contribution in [2.45, 2.75) is 39.3 Å². The highest BCUT2D eigenvalue weighted by Crippen LogP contribution is 2.32. The Labute approximate surface area is 113 Å². The van der Waals surface area contributed by atoms with E-state index in [2.05, 4.69) is 51.0 Å². The van der Waals surface area contributed by atoms with Crippen LogP contribution in [0, 0.1) is 11.8 Å². The summed E-state index contributed by atoms with van der Waals surface area (Å²) < 4.78 is 7.30. The highest BCUT2D eigenvalue weighted by Gasteiger charge is 2.29. The maximum absolute atomic E-state index is 5.54. The van der Waals surface area contributed by atoms with Gasteiger partial charge >= 0.3 is 0 Å². The summed E-state index contributed by atoms with van der Waals surface area (Å²) in [6, 6.07) is 2.65. The molecule has 2 nitrogen and oxygen atoms in total. The van der Waals surface area contributed by atoms with Crippen LogP contribution in [0.25, 0.3) is 0 Å². The molecule has 1 heterocycles. The summed E-state index contributed by atoms with van der Waals surface area (Å²) in [5.74, 6) is 2.58. The van der Waals surface area contributed by atoms with E-state index in [1.807, 2.05) is 6.07 Å². The largest absolute Gasteiger partial charge is 0.452 e. The van der Waals surface area contributed by atoms with Gasteiger partial charge in [-0.2, -0.15) is 0 Å². The van der Waals surface area contributed by atoms with Crippen molar-refractivity contribution in [3.05, 3.63) is 21.0 Å². The first-order valence-electron chi connectivity index (χ1n) is 5.75. The average molecular weight is 351 g/mol. The van der Waals surface area contributed by atoms with E-state index in [-0.39, 0.29) is 0 Å². The van der Waals surface area contributed by atoms with Gasteiger partial charge in [0.2, 0.25) is 0 Å². The van der Waals surface area contributed by atoms with Crippen LogP contribution in [0.2, 0.25) is 0 Å². The Morgan fingerprint density at radius 1 is 1.38 bits per heavy atom. The molecule has 16 heavy (non-hydrogen) atoms. The van der Waals surface area contributed by atoms with E-state index in [4.69, 9.17) is 4.42 Å². The fourth-order valence-corrected chi connectivity index (χ4v) is 3.02. The molecule has 1 aromatic rings. The second kappa shape index (κ2) is 5.23. The molecule has 0 spiro atoms. The number of rotatable bonds is 3. The van der Waals surface area contributed by atoms with Crippen molar-refractivity contribution in [2.75, 3.05) is 0 Å². The molecule has 0 radical (unpaired) electrons. The van der Waals surface area contributed by atoms with Crippen molar-refractivity contribution < 1.29 is 4.42 Å². The molecule has 0 aliphatic heterocycles. The lowest BCUT2D eigenvalue weighted by atomic mass is 9.98. The van der Waals surface area contributed by atoms with Crippen LogP contribution in [0.3, 0.4) is 0 Å². The van der Waals surface area contributed by atoms with E-state index < -0.39 is 0 Å². The maximum Gasteiger partial charge on any atom is 0.183 e. The fourth-order valence-electron chi connectivity index (χ4n) is 2.36. The smallest absolute Gasteiger partial charge is 0.183 e. The molecule has 1 aliphatic carbocycles. The lowest BCUT2D eigenvalue weighted by molar-refractivity contribution is 0.354. The third-order valence-corrected chi connectivity index (χ3v) is 5.41. The Bertz CT molecular complexity index is 344. The Balaban J connectivity index is 1.88. The Morgan fingerprint density at radius 3 is 2.62 bits per heavy atom. The van der Waals surface area contributed by atoms with Gasteiger partial charge in [0, 0.05) is 6.04 Å². The van der Waals surface area contributed by atoms with Crippen molar-refractivity contribution in [2.24, 2.45) is 11.8 Å². The van der Waals surface area contributed by atoms with Gasteiger partial charge in [-0.3, -0.25) is 0 Å². The summed E-state index contributed by atoms with van der Waals surface area (Å²) >= 11 is 6.77. The van der Waals surface area contributed by atoms with Gasteiger partial charge in [0.25, 0.3) is 0 Å². The zero-order valence-corrected chi connectivity index (χ0v) is 12.8. The molecule has 1 saturated carbocycles. The van der Waals surface area contributed by atoms with Crippen LogP contribution in [0.1, 0.15) is 32.4 Å². The molecule has 2 rings (SSSR count). The van der Waals surface area contributed by atoms with Crippen LogP contribution in [-0.4, -0.2) is 6.04 Å². The van der Waals surface area contributed by atoms with E-state index >= 15 is 0 Å². The number of halogens is 2. The molecule has 0 amide bonds. The molecule has 0 aromatic carbocycles. The summed E-state index contributed by atoms with van der Waals surface area (Å²) in [5.41, 5.74) is 0. The summed E-state index contributed by atoms with van der Waals surface area (Å²) in [7, 11) is 0. The number of hydrogen-bond acceptors (Lipinski definition) is 2. The second-order valence-corrected chi connectivity index (χ2v) is 6.31. The van der Waals surface area contributed by atoms with Crippen LogP contribution >= 0.6 is 31.9 Å². The molecule has 3 unspecified atom stereocenters. The normalized spacial score (nSPS) is 29.9. The summed E-state index contributed by atoms with van der Waals surface area (Å²) in [5, 5.41) is 3.58. The van der Waals surface area contributed by atoms with Crippen LogP contribution < -0.4 is 5.32 Å². The second-order valence-electron chi connectivity index (χ2n) is 4.74. The van der Waals surface area contributed by atoms with E-state index in [0.717, 1.165) is 33.3 Å². The summed E-state index contributed by atoms with van der Waals surface area (Å²) in [4.78, 5) is 0. The SMILES string of the molecule is CC1CCC(NCc2cc(Br)c(Br)o2)C1C. The van der Waals surface area contributed by atoms with Crippen LogP contribution in [0.5, 0.6) is 0 Å². The molecule has 0 bridgehead atoms. The standard InChI is InChI=1S/C12H17Br2NO/c1-7-3-4-11(8(7)2)15-6-9-5-10(13)12(14)16-9/h5,7-8,11,15H,3-4,6H2,1-2H3. The van der Waals surface area contributed by atoms with E-state index in [9.17, 15) is 0 Å². The first kappa shape index (κ1) is 12.7. The number of nitrogens with one attached hydrogen (secondary N) is 1. The monoisotopic (exact) mass is 349 g/mol. The Hall–Kier alpha value is 0.200. The van der Waals surface area contributed by atoms with Crippen molar-refractivity contribution >= 4 is 31.9 Å². The lowest BCUT2D eigenvalue weighted by Gasteiger charge is -2.18. The van der Waals surface area contributed by atoms with Crippen LogP contribution in [-0.2, 0) is 6.54 Å². The van der Waals surface area contributed by atoms with Gasteiger partial charge < -0.3 is 9.73 Å². The topological polar surface area (TPSA) is 25.2 Å². The number of furan rings is 1. The van der Waals surface area contributed by atoms with Crippen LogP contribution in [0.15, 0.2) is 19.6 Å². The minimum absolute atomic E-state index is 0.637. The van der Waals surface area contributed by atoms with Crippen LogP contribution in [0.4, 0.5) is 0 Å². The molecular formula is C12H17Br2NO. The third-order valence-electron chi connectivity index (χ3n) is 3.70. The van der Waals surface area contributed by atoms with Gasteiger partial charge in [0.1, 0.15) is 5.76 Å². The van der Waals surface area contributed by atoms with Crippen molar-refractivity contribution in [3.63, 3.8) is 0 Å². The zero-order valence-electron chi connectivity index (χ0n) is 9.59. The molecule has 1 aromatic heterocycles. The minimum Gasteiger partial charge on any atom is -0.452 e. The first-order valence-corrected chi connectivity index (χ1v) is 7.33. The predicted molar refractivity (Wildman–Crippen MR) is 72.3 cm³/mol. The Morgan fingerprint density at radius 2 is 2.12 bits per heavy atom. The molecule has 4 heteroatoms. The molecular weight excluding hydrogens is 334 g/mol. The van der Waals surface area contributed by atoms with E-state index in [1.54, 1.807) is 0 Å². The molecule has 1 aliphatic rings. The van der Waals surface area contributed by atoms with Crippen molar-refractivity contribution in [1.82, 2.24) is 5.32 Å². The van der Waals surface area contributed by atoms with Crippen molar-refractivity contribution in [1.29, 1.82) is 0 Å². The fraction of sp³-hybridized carbons (Fsp3) is 0.667. The highest BCUT2D eigenvalue weighted by atomic mass is 79.9. The minimum atomic E-state index is 0.637. The van der Waals surface area contributed by atoms with E-state index in [0.29, 0.717) is 6.04 Å². The van der Waals surface area contributed by atoms with E-state index in [1.165, 1.54) is 12.8 Å². The number of hydrogen-bond donors (Lipinski definition) is 1. The molecule has 0 saturated heterocycles. The van der Waals surface area contributed by atoms with Crippen molar-refractivity contribution in [3.8, 4) is 0 Å². The molecule has 3 atom stereocenters. The van der Waals surface area contributed by atoms with Gasteiger partial charge in [-0.1, -0.05) is 13.8 Å². The quantitative estimate of drug-likeness (QED) is 0.877. The van der Waals surface area contributed by atoms with Gasteiger partial charge in [0.05, 0.1) is 11.0 Å². The average Bonchev–Trinajstić information content (AvgIpc) is 2.72. The first-order chi connectivity index (χ1) is 7.58. The summed E-state index contributed by atoms with van der Waals surface area (Å²) in [6.45, 7) is 5.49. The maximum atomic E-state index is 5.54. The third kappa shape index (κ3) is 2.71. The van der Waals surface area contributed by atoms with Gasteiger partial charge in [-0.15, -0.1) is 0 Å². The zero-order chi connectivity index (χ0) is 11.7. The van der Waals surface area contributed by atoms with Gasteiger partial charge in [0.15, 0.2) is 4.67 Å². The predicted octanol–water partition coefficient (Wildman–Crippen LogP) is 4.33. The highest BCUT2D eigenvalue weighted by molar-refractivity contribution is 9.13.